The van der Waals surface area contributed by atoms with Crippen LogP contribution in [0.1, 0.15) is 0 Å². The maximum atomic E-state index is 11.5. The van der Waals surface area contributed by atoms with Gasteiger partial charge in [-0.3, -0.25) is 0 Å². The molecule has 0 radical (unpaired) electrons. The van der Waals surface area contributed by atoms with Gasteiger partial charge in [0.2, 0.25) is 0 Å². The van der Waals surface area contributed by atoms with Crippen molar-refractivity contribution in [2.24, 2.45) is 0 Å². The van der Waals surface area contributed by atoms with Crippen molar-refractivity contribution in [3.63, 3.8) is 0 Å². The van der Waals surface area contributed by atoms with E-state index in [1.165, 1.54) is 7.11 Å². The highest BCUT2D eigenvalue weighted by molar-refractivity contribution is 7.87. The molecule has 7 nitrogen and oxygen atoms in total. The molecule has 0 spiro atoms. The number of nitrogens with one attached hydrogen (secondary N) is 1. The molecule has 15 heavy (non-hydrogen) atoms. The van der Waals surface area contributed by atoms with Crippen molar-refractivity contribution < 1.29 is 23.4 Å². The van der Waals surface area contributed by atoms with Gasteiger partial charge in [0.1, 0.15) is 0 Å². The number of nitrogens with zero attached hydrogens (tertiary/aromatic N) is 1. The summed E-state index contributed by atoms with van der Waals surface area (Å²) in [5, 5.41) is 17.3. The van der Waals surface area contributed by atoms with Crippen LogP contribution in [-0.4, -0.2) is 69.5 Å². The summed E-state index contributed by atoms with van der Waals surface area (Å²) >= 11 is 0. The van der Waals surface area contributed by atoms with Gasteiger partial charge in [0.25, 0.3) is 10.2 Å². The average Bonchev–Trinajstić information content (AvgIpc) is 2.18. The van der Waals surface area contributed by atoms with Crippen LogP contribution in [0.15, 0.2) is 0 Å². The molecule has 0 bridgehead atoms. The first-order valence-corrected chi connectivity index (χ1v) is 5.98. The SMILES string of the molecule is COCCNS(=O)(=O)N(CCO)CCO. The smallest absolute Gasteiger partial charge is 0.279 e. The Bertz CT molecular complexity index is 238. The van der Waals surface area contributed by atoms with Crippen LogP contribution in [0.5, 0.6) is 0 Å². The number of hydrogen-bond donors (Lipinski definition) is 3. The summed E-state index contributed by atoms with van der Waals surface area (Å²) in [5.41, 5.74) is 0. The molecule has 0 atom stereocenters. The minimum absolute atomic E-state index is 0.0388. The number of methoxy groups -OCH3 is 1. The van der Waals surface area contributed by atoms with Crippen molar-refractivity contribution in [3.05, 3.63) is 0 Å². The van der Waals surface area contributed by atoms with Crippen LogP contribution in [0.3, 0.4) is 0 Å². The van der Waals surface area contributed by atoms with Gasteiger partial charge in [-0.25, -0.2) is 0 Å². The molecule has 0 amide bonds. The summed E-state index contributed by atoms with van der Waals surface area (Å²) in [6, 6.07) is 0. The van der Waals surface area contributed by atoms with Gasteiger partial charge in [-0.1, -0.05) is 0 Å². The fourth-order valence-corrected chi connectivity index (χ4v) is 2.11. The number of aliphatic hydroxyl groups excluding tert-OH is 2. The van der Waals surface area contributed by atoms with Gasteiger partial charge in [-0.2, -0.15) is 17.4 Å². The first-order chi connectivity index (χ1) is 7.08. The van der Waals surface area contributed by atoms with Crippen LogP contribution >= 0.6 is 0 Å². The maximum absolute atomic E-state index is 11.5. The van der Waals surface area contributed by atoms with Gasteiger partial charge in [-0.15, -0.1) is 0 Å². The van der Waals surface area contributed by atoms with E-state index in [0.29, 0.717) is 0 Å². The lowest BCUT2D eigenvalue weighted by molar-refractivity contribution is 0.200. The lowest BCUT2D eigenvalue weighted by atomic mass is 10.6. The lowest BCUT2D eigenvalue weighted by Gasteiger charge is -2.20. The Morgan fingerprint density at radius 2 is 1.80 bits per heavy atom. The first kappa shape index (κ1) is 14.8. The predicted octanol–water partition coefficient (Wildman–Crippen LogP) is -2.25. The number of rotatable bonds is 9. The molecule has 8 heteroatoms. The fraction of sp³-hybridized carbons (Fsp3) is 1.00. The fourth-order valence-electron chi connectivity index (χ4n) is 0.939. The molecular weight excluding hydrogens is 224 g/mol. The Morgan fingerprint density at radius 1 is 1.27 bits per heavy atom. The third-order valence-corrected chi connectivity index (χ3v) is 3.24. The van der Waals surface area contributed by atoms with Crippen LogP contribution in [0, 0.1) is 0 Å². The molecule has 0 fully saturated rings. The van der Waals surface area contributed by atoms with Crippen molar-refractivity contribution in [3.8, 4) is 0 Å². The predicted molar refractivity (Wildman–Crippen MR) is 54.5 cm³/mol. The topological polar surface area (TPSA) is 99.1 Å². The normalized spacial score (nSPS) is 12.3. The summed E-state index contributed by atoms with van der Waals surface area (Å²) in [6.07, 6.45) is 0. The molecule has 0 heterocycles. The monoisotopic (exact) mass is 242 g/mol. The zero-order valence-electron chi connectivity index (χ0n) is 8.72. The highest BCUT2D eigenvalue weighted by Crippen LogP contribution is 1.96. The molecule has 3 N–H and O–H groups in total. The molecule has 0 aliphatic carbocycles. The van der Waals surface area contributed by atoms with Crippen LogP contribution in [0.4, 0.5) is 0 Å². The number of ether oxygens (including phenoxy) is 1. The molecule has 0 aromatic heterocycles. The average molecular weight is 242 g/mol. The summed E-state index contributed by atoms with van der Waals surface area (Å²) in [7, 11) is -2.17. The van der Waals surface area contributed by atoms with Gasteiger partial charge in [-0.05, 0) is 0 Å². The molecule has 0 saturated carbocycles. The van der Waals surface area contributed by atoms with E-state index in [1.54, 1.807) is 0 Å². The van der Waals surface area contributed by atoms with Crippen molar-refractivity contribution in [1.82, 2.24) is 9.03 Å². The van der Waals surface area contributed by atoms with E-state index in [4.69, 9.17) is 14.9 Å². The molecule has 0 saturated heterocycles. The third-order valence-electron chi connectivity index (χ3n) is 1.63. The number of hydrogen-bond acceptors (Lipinski definition) is 5. The van der Waals surface area contributed by atoms with E-state index < -0.39 is 10.2 Å². The van der Waals surface area contributed by atoms with Gasteiger partial charge in [0, 0.05) is 26.7 Å². The van der Waals surface area contributed by atoms with Crippen LogP contribution in [0.25, 0.3) is 0 Å². The van der Waals surface area contributed by atoms with E-state index >= 15 is 0 Å². The minimum Gasteiger partial charge on any atom is -0.395 e. The van der Waals surface area contributed by atoms with Gasteiger partial charge in [0.05, 0.1) is 19.8 Å². The lowest BCUT2D eigenvalue weighted by Crippen LogP contribution is -2.44. The quantitative estimate of drug-likeness (QED) is 0.397. The van der Waals surface area contributed by atoms with E-state index in [1.807, 2.05) is 0 Å². The minimum atomic E-state index is -3.64. The second kappa shape index (κ2) is 7.97. The molecule has 0 aliphatic heterocycles. The summed E-state index contributed by atoms with van der Waals surface area (Å²) in [6.45, 7) is -0.223. The Morgan fingerprint density at radius 3 is 2.20 bits per heavy atom. The molecule has 0 aliphatic rings. The first-order valence-electron chi connectivity index (χ1n) is 4.54. The molecule has 0 aromatic rings. The molecule has 0 aromatic carbocycles. The summed E-state index contributed by atoms with van der Waals surface area (Å²) in [4.78, 5) is 0. The summed E-state index contributed by atoms with van der Waals surface area (Å²) in [5.74, 6) is 0. The Kier molecular flexibility index (Phi) is 7.83. The molecule has 0 rings (SSSR count). The second-order valence-corrected chi connectivity index (χ2v) is 4.49. The molecule has 92 valence electrons. The van der Waals surface area contributed by atoms with Crippen LogP contribution < -0.4 is 4.72 Å². The van der Waals surface area contributed by atoms with Gasteiger partial charge < -0.3 is 14.9 Å². The Labute approximate surface area is 89.8 Å². The Balaban J connectivity index is 4.22. The standard InChI is InChI=1S/C7H18N2O5S/c1-14-7-2-8-15(12,13)9(3-5-10)4-6-11/h8,10-11H,2-7H2,1H3. The van der Waals surface area contributed by atoms with E-state index in [-0.39, 0.29) is 39.5 Å². The third kappa shape index (κ3) is 6.03. The van der Waals surface area contributed by atoms with Crippen molar-refractivity contribution >= 4 is 10.2 Å². The summed E-state index contributed by atoms with van der Waals surface area (Å²) < 4.78 is 31.0. The Hall–Kier alpha value is -0.250. The van der Waals surface area contributed by atoms with Gasteiger partial charge in [0.15, 0.2) is 0 Å². The van der Waals surface area contributed by atoms with Gasteiger partial charge >= 0.3 is 0 Å². The highest BCUT2D eigenvalue weighted by atomic mass is 32.2. The zero-order chi connectivity index (χ0) is 11.7. The maximum Gasteiger partial charge on any atom is 0.279 e. The van der Waals surface area contributed by atoms with E-state index in [0.717, 1.165) is 4.31 Å². The highest BCUT2D eigenvalue weighted by Gasteiger charge is 2.19. The molecule has 0 unspecified atom stereocenters. The van der Waals surface area contributed by atoms with E-state index in [2.05, 4.69) is 4.72 Å². The van der Waals surface area contributed by atoms with Crippen LogP contribution in [0.2, 0.25) is 0 Å². The van der Waals surface area contributed by atoms with Crippen molar-refractivity contribution in [1.29, 1.82) is 0 Å². The molecular formula is C7H18N2O5S. The van der Waals surface area contributed by atoms with Crippen molar-refractivity contribution in [2.75, 3.05) is 46.6 Å². The largest absolute Gasteiger partial charge is 0.395 e. The van der Waals surface area contributed by atoms with Crippen LogP contribution in [-0.2, 0) is 14.9 Å². The second-order valence-electron chi connectivity index (χ2n) is 2.74. The van der Waals surface area contributed by atoms with Crippen molar-refractivity contribution in [2.45, 2.75) is 0 Å². The zero-order valence-corrected chi connectivity index (χ0v) is 9.53. The number of aliphatic hydroxyl groups is 2. The van der Waals surface area contributed by atoms with E-state index in [9.17, 15) is 8.42 Å².